The molecule has 5 heteroatoms. The van der Waals surface area contributed by atoms with Crippen molar-refractivity contribution in [1.82, 2.24) is 10.3 Å². The third kappa shape index (κ3) is 4.51. The Morgan fingerprint density at radius 3 is 2.06 bits per heavy atom. The van der Waals surface area contributed by atoms with Gasteiger partial charge in [-0.25, -0.2) is 4.79 Å². The van der Waals surface area contributed by atoms with Gasteiger partial charge in [0.15, 0.2) is 0 Å². The zero-order chi connectivity index (χ0) is 21.6. The third-order valence-electron chi connectivity index (χ3n) is 5.43. The molecule has 1 heterocycles. The number of nitrogens with one attached hydrogen (secondary N) is 2. The average molecular weight is 412 g/mol. The molecular formula is C26H24N2O3. The van der Waals surface area contributed by atoms with Gasteiger partial charge in [0.2, 0.25) is 5.91 Å². The summed E-state index contributed by atoms with van der Waals surface area (Å²) in [6.45, 7) is 0. The molecule has 0 aliphatic carbocycles. The fourth-order valence-electron chi connectivity index (χ4n) is 3.90. The fourth-order valence-corrected chi connectivity index (χ4v) is 3.90. The normalized spacial score (nSPS) is 11.9. The monoisotopic (exact) mass is 412 g/mol. The Labute approximate surface area is 181 Å². The van der Waals surface area contributed by atoms with Gasteiger partial charge in [-0.3, -0.25) is 4.79 Å². The molecule has 0 spiro atoms. The zero-order valence-electron chi connectivity index (χ0n) is 17.2. The van der Waals surface area contributed by atoms with E-state index in [0.717, 1.165) is 27.6 Å². The van der Waals surface area contributed by atoms with E-state index in [9.17, 15) is 9.59 Å². The van der Waals surface area contributed by atoms with Gasteiger partial charge in [0.1, 0.15) is 6.04 Å². The van der Waals surface area contributed by atoms with Crippen molar-refractivity contribution in [1.29, 1.82) is 0 Å². The maximum Gasteiger partial charge on any atom is 0.328 e. The van der Waals surface area contributed by atoms with Gasteiger partial charge in [-0.05, 0) is 22.8 Å². The van der Waals surface area contributed by atoms with Crippen molar-refractivity contribution in [2.45, 2.75) is 18.4 Å². The lowest BCUT2D eigenvalue weighted by Crippen LogP contribution is -2.45. The fraction of sp³-hybridized carbons (Fsp3) is 0.154. The first-order chi connectivity index (χ1) is 15.2. The molecule has 0 aliphatic heterocycles. The number of fused-ring (bicyclic) bond motifs is 1. The lowest BCUT2D eigenvalue weighted by molar-refractivity contribution is -0.145. The number of amides is 1. The topological polar surface area (TPSA) is 71.2 Å². The summed E-state index contributed by atoms with van der Waals surface area (Å²) in [5.74, 6) is -1.25. The molecule has 4 rings (SSSR count). The van der Waals surface area contributed by atoms with E-state index in [1.165, 1.54) is 7.11 Å². The molecule has 0 aliphatic rings. The van der Waals surface area contributed by atoms with E-state index in [1.807, 2.05) is 91.1 Å². The Hall–Kier alpha value is -3.86. The van der Waals surface area contributed by atoms with Crippen LogP contribution in [0.3, 0.4) is 0 Å². The van der Waals surface area contributed by atoms with E-state index in [0.29, 0.717) is 6.42 Å². The molecule has 5 nitrogen and oxygen atoms in total. The van der Waals surface area contributed by atoms with Gasteiger partial charge >= 0.3 is 5.97 Å². The molecule has 0 fully saturated rings. The molecule has 31 heavy (non-hydrogen) atoms. The molecule has 1 atom stereocenters. The number of hydrogen-bond donors (Lipinski definition) is 2. The quantitative estimate of drug-likeness (QED) is 0.447. The number of H-pyrrole nitrogens is 1. The van der Waals surface area contributed by atoms with Gasteiger partial charge < -0.3 is 15.0 Å². The molecule has 0 radical (unpaired) electrons. The van der Waals surface area contributed by atoms with Gasteiger partial charge in [-0.15, -0.1) is 0 Å². The highest BCUT2D eigenvalue weighted by Crippen LogP contribution is 2.25. The van der Waals surface area contributed by atoms with E-state index >= 15 is 0 Å². The molecule has 4 aromatic rings. The van der Waals surface area contributed by atoms with E-state index in [2.05, 4.69) is 10.3 Å². The number of carbonyl (C=O) groups excluding carboxylic acids is 2. The number of esters is 1. The SMILES string of the molecule is COC(=O)C(Cc1c[nH]c2ccccc12)NC(=O)C(c1ccccc1)c1ccccc1. The first-order valence-electron chi connectivity index (χ1n) is 10.2. The van der Waals surface area contributed by atoms with Crippen molar-refractivity contribution in [3.63, 3.8) is 0 Å². The molecule has 0 saturated heterocycles. The summed E-state index contributed by atoms with van der Waals surface area (Å²) < 4.78 is 5.00. The van der Waals surface area contributed by atoms with Crippen LogP contribution >= 0.6 is 0 Å². The molecule has 0 bridgehead atoms. The number of aromatic nitrogens is 1. The number of carbonyl (C=O) groups is 2. The second kappa shape index (κ2) is 9.30. The van der Waals surface area contributed by atoms with Gasteiger partial charge in [0.05, 0.1) is 13.0 Å². The Kier molecular flexibility index (Phi) is 6.13. The van der Waals surface area contributed by atoms with Crippen molar-refractivity contribution >= 4 is 22.8 Å². The number of aromatic amines is 1. The second-order valence-electron chi connectivity index (χ2n) is 7.40. The summed E-state index contributed by atoms with van der Waals surface area (Å²) in [6, 6.07) is 26.2. The van der Waals surface area contributed by atoms with Gasteiger partial charge in [-0.1, -0.05) is 78.9 Å². The van der Waals surface area contributed by atoms with E-state index in [1.54, 1.807) is 0 Å². The summed E-state index contributed by atoms with van der Waals surface area (Å²) in [5, 5.41) is 3.96. The molecule has 3 aromatic carbocycles. The lowest BCUT2D eigenvalue weighted by Gasteiger charge is -2.22. The van der Waals surface area contributed by atoms with Crippen molar-refractivity contribution in [2.24, 2.45) is 0 Å². The number of para-hydroxylation sites is 1. The van der Waals surface area contributed by atoms with Gasteiger partial charge in [0.25, 0.3) is 0 Å². The molecule has 156 valence electrons. The van der Waals surface area contributed by atoms with Crippen LogP contribution in [-0.2, 0) is 20.7 Å². The molecular weight excluding hydrogens is 388 g/mol. The minimum Gasteiger partial charge on any atom is -0.467 e. The van der Waals surface area contributed by atoms with Crippen molar-refractivity contribution in [2.75, 3.05) is 7.11 Å². The zero-order valence-corrected chi connectivity index (χ0v) is 17.2. The predicted octanol–water partition coefficient (Wildman–Crippen LogP) is 4.20. The number of rotatable bonds is 7. The summed E-state index contributed by atoms with van der Waals surface area (Å²) in [6.07, 6.45) is 2.21. The largest absolute Gasteiger partial charge is 0.467 e. The van der Waals surface area contributed by atoms with Gasteiger partial charge in [-0.2, -0.15) is 0 Å². The minimum absolute atomic E-state index is 0.243. The lowest BCUT2D eigenvalue weighted by atomic mass is 9.90. The average Bonchev–Trinajstić information content (AvgIpc) is 3.22. The third-order valence-corrected chi connectivity index (χ3v) is 5.43. The van der Waals surface area contributed by atoms with Crippen LogP contribution in [0.5, 0.6) is 0 Å². The summed E-state index contributed by atoms with van der Waals surface area (Å²) >= 11 is 0. The first-order valence-corrected chi connectivity index (χ1v) is 10.2. The van der Waals surface area contributed by atoms with Crippen LogP contribution in [-0.4, -0.2) is 30.0 Å². The standard InChI is InChI=1S/C26H24N2O3/c1-31-26(30)23(16-20-17-27-22-15-9-8-14-21(20)22)28-25(29)24(18-10-4-2-5-11-18)19-12-6-3-7-13-19/h2-15,17,23-24,27H,16H2,1H3,(H,28,29). The molecule has 0 saturated carbocycles. The molecule has 1 unspecified atom stereocenters. The smallest absolute Gasteiger partial charge is 0.328 e. The Bertz CT molecular complexity index is 1130. The molecule has 1 aromatic heterocycles. The Morgan fingerprint density at radius 2 is 1.45 bits per heavy atom. The second-order valence-corrected chi connectivity index (χ2v) is 7.40. The van der Waals surface area contributed by atoms with E-state index in [4.69, 9.17) is 4.74 Å². The first kappa shape index (κ1) is 20.4. The Balaban J connectivity index is 1.63. The number of ether oxygens (including phenoxy) is 1. The molecule has 1 amide bonds. The van der Waals surface area contributed by atoms with Crippen LogP contribution in [0, 0.1) is 0 Å². The van der Waals surface area contributed by atoms with Crippen LogP contribution < -0.4 is 5.32 Å². The summed E-state index contributed by atoms with van der Waals surface area (Å²) in [5.41, 5.74) is 3.66. The van der Waals surface area contributed by atoms with Gasteiger partial charge in [0, 0.05) is 23.5 Å². The maximum absolute atomic E-state index is 13.4. The summed E-state index contributed by atoms with van der Waals surface area (Å²) in [4.78, 5) is 29.2. The Morgan fingerprint density at radius 1 is 0.871 bits per heavy atom. The number of benzene rings is 3. The van der Waals surface area contributed by atoms with Crippen LogP contribution in [0.4, 0.5) is 0 Å². The van der Waals surface area contributed by atoms with E-state index < -0.39 is 17.9 Å². The van der Waals surface area contributed by atoms with Crippen LogP contribution in [0.1, 0.15) is 22.6 Å². The van der Waals surface area contributed by atoms with Crippen LogP contribution in [0.2, 0.25) is 0 Å². The maximum atomic E-state index is 13.4. The minimum atomic E-state index is -0.799. The van der Waals surface area contributed by atoms with Crippen molar-refractivity contribution in [3.05, 3.63) is 108 Å². The number of methoxy groups -OCH3 is 1. The highest BCUT2D eigenvalue weighted by molar-refractivity contribution is 5.91. The van der Waals surface area contributed by atoms with Crippen LogP contribution in [0.25, 0.3) is 10.9 Å². The van der Waals surface area contributed by atoms with Crippen molar-refractivity contribution < 1.29 is 14.3 Å². The highest BCUT2D eigenvalue weighted by Gasteiger charge is 2.29. The predicted molar refractivity (Wildman–Crippen MR) is 121 cm³/mol. The van der Waals surface area contributed by atoms with Crippen molar-refractivity contribution in [3.8, 4) is 0 Å². The molecule has 2 N–H and O–H groups in total. The highest BCUT2D eigenvalue weighted by atomic mass is 16.5. The number of hydrogen-bond acceptors (Lipinski definition) is 3. The van der Waals surface area contributed by atoms with Crippen LogP contribution in [0.15, 0.2) is 91.1 Å². The summed E-state index contributed by atoms with van der Waals surface area (Å²) in [7, 11) is 1.34. The van der Waals surface area contributed by atoms with E-state index in [-0.39, 0.29) is 5.91 Å².